The molecule has 38 heavy (non-hydrogen) atoms. The minimum atomic E-state index is -4.64. The molecule has 1 aromatic heterocycles. The molecule has 2 amide bonds. The molecule has 1 N–H and O–H groups in total. The van der Waals surface area contributed by atoms with Gasteiger partial charge >= 0.3 is 12.3 Å². The van der Waals surface area contributed by atoms with Gasteiger partial charge in [-0.3, -0.25) is 14.8 Å². The highest BCUT2D eigenvalue weighted by molar-refractivity contribution is 5.97. The normalized spacial score (nSPS) is 17.7. The summed E-state index contributed by atoms with van der Waals surface area (Å²) in [6.07, 6.45) is -2.10. The predicted octanol–water partition coefficient (Wildman–Crippen LogP) is 4.28. The van der Waals surface area contributed by atoms with Crippen molar-refractivity contribution in [2.75, 3.05) is 39.3 Å². The van der Waals surface area contributed by atoms with Crippen LogP contribution < -0.4 is 0 Å². The van der Waals surface area contributed by atoms with Gasteiger partial charge in [-0.15, -0.1) is 0 Å². The summed E-state index contributed by atoms with van der Waals surface area (Å²) >= 11 is 0. The summed E-state index contributed by atoms with van der Waals surface area (Å²) in [4.78, 5) is 31.1. The Morgan fingerprint density at radius 2 is 1.71 bits per heavy atom. The first-order chi connectivity index (χ1) is 18.2. The summed E-state index contributed by atoms with van der Waals surface area (Å²) in [6.45, 7) is 3.19. The summed E-state index contributed by atoms with van der Waals surface area (Å²) in [6, 6.07) is 7.92. The Labute approximate surface area is 216 Å². The standard InChI is InChI=1S/C26H27F4N5O3/c27-22-14-20(26(28,29)30)3-1-18(22)16-38-25(37)35-7-5-21(6-8-35)33-9-11-34(12-10-33)24(36)17-2-4-23-19(13-17)15-31-32-23/h1-4,13-15,21H,5-12,16H2,(H,31,32). The van der Waals surface area contributed by atoms with Gasteiger partial charge in [-0.05, 0) is 43.2 Å². The molecular weight excluding hydrogens is 506 g/mol. The van der Waals surface area contributed by atoms with Gasteiger partial charge < -0.3 is 14.5 Å². The number of nitrogens with one attached hydrogen (secondary N) is 1. The topological polar surface area (TPSA) is 81.8 Å². The zero-order valence-electron chi connectivity index (χ0n) is 20.5. The lowest BCUT2D eigenvalue weighted by atomic mass is 10.0. The Balaban J connectivity index is 1.06. The molecule has 5 rings (SSSR count). The summed E-state index contributed by atoms with van der Waals surface area (Å²) in [7, 11) is 0. The van der Waals surface area contributed by atoms with E-state index in [1.807, 2.05) is 17.0 Å². The first-order valence-corrected chi connectivity index (χ1v) is 12.4. The number of rotatable bonds is 4. The van der Waals surface area contributed by atoms with E-state index < -0.39 is 30.3 Å². The number of piperazine rings is 1. The monoisotopic (exact) mass is 533 g/mol. The molecule has 2 aromatic carbocycles. The maximum absolute atomic E-state index is 14.0. The third-order valence-electron chi connectivity index (χ3n) is 7.26. The van der Waals surface area contributed by atoms with E-state index in [1.165, 1.54) is 4.90 Å². The number of carbonyl (C=O) groups is 2. The lowest BCUT2D eigenvalue weighted by molar-refractivity contribution is -0.137. The second-order valence-electron chi connectivity index (χ2n) is 9.58. The van der Waals surface area contributed by atoms with Gasteiger partial charge in [-0.2, -0.15) is 18.3 Å². The fraction of sp³-hybridized carbons (Fsp3) is 0.423. The quantitative estimate of drug-likeness (QED) is 0.507. The molecule has 3 aromatic rings. The number of H-pyrrole nitrogens is 1. The van der Waals surface area contributed by atoms with E-state index >= 15 is 0 Å². The van der Waals surface area contributed by atoms with Gasteiger partial charge in [-0.25, -0.2) is 9.18 Å². The minimum absolute atomic E-state index is 0.00482. The Morgan fingerprint density at radius 1 is 0.974 bits per heavy atom. The van der Waals surface area contributed by atoms with Crippen molar-refractivity contribution in [1.82, 2.24) is 24.9 Å². The molecule has 3 heterocycles. The van der Waals surface area contributed by atoms with E-state index in [9.17, 15) is 27.2 Å². The second kappa shape index (κ2) is 10.6. The van der Waals surface area contributed by atoms with E-state index in [1.54, 1.807) is 12.3 Å². The van der Waals surface area contributed by atoms with Crippen LogP contribution in [0.4, 0.5) is 22.4 Å². The summed E-state index contributed by atoms with van der Waals surface area (Å²) in [5.74, 6) is -1.07. The molecule has 2 saturated heterocycles. The third kappa shape index (κ3) is 5.59. The van der Waals surface area contributed by atoms with Crippen LogP contribution in [0.2, 0.25) is 0 Å². The molecule has 202 valence electrons. The number of fused-ring (bicyclic) bond motifs is 1. The van der Waals surface area contributed by atoms with Crippen molar-refractivity contribution in [3.63, 3.8) is 0 Å². The SMILES string of the molecule is O=C(OCc1ccc(C(F)(F)F)cc1F)N1CCC(N2CCN(C(=O)c3ccc4[nH]ncc4c3)CC2)CC1. The van der Waals surface area contributed by atoms with Crippen molar-refractivity contribution in [2.45, 2.75) is 31.7 Å². The Kier molecular flexibility index (Phi) is 7.24. The molecule has 0 bridgehead atoms. The van der Waals surface area contributed by atoms with Crippen molar-refractivity contribution in [2.24, 2.45) is 0 Å². The summed E-state index contributed by atoms with van der Waals surface area (Å²) < 4.78 is 57.3. The highest BCUT2D eigenvalue weighted by Crippen LogP contribution is 2.30. The molecule has 12 heteroatoms. The number of hydrogen-bond donors (Lipinski definition) is 1. The number of halogens is 4. The van der Waals surface area contributed by atoms with Crippen LogP contribution in [0.3, 0.4) is 0 Å². The van der Waals surface area contributed by atoms with Gasteiger partial charge in [0.15, 0.2) is 0 Å². The fourth-order valence-electron chi connectivity index (χ4n) is 5.03. The van der Waals surface area contributed by atoms with E-state index in [0.717, 1.165) is 49.0 Å². The number of benzene rings is 2. The zero-order valence-corrected chi connectivity index (χ0v) is 20.5. The second-order valence-corrected chi connectivity index (χ2v) is 9.58. The number of ether oxygens (including phenoxy) is 1. The molecule has 0 unspecified atom stereocenters. The summed E-state index contributed by atoms with van der Waals surface area (Å²) in [5, 5.41) is 7.76. The maximum atomic E-state index is 14.0. The average Bonchev–Trinajstić information content (AvgIpc) is 3.39. The van der Waals surface area contributed by atoms with Crippen molar-refractivity contribution >= 4 is 22.9 Å². The van der Waals surface area contributed by atoms with Gasteiger partial charge in [-0.1, -0.05) is 6.07 Å². The van der Waals surface area contributed by atoms with Crippen LogP contribution in [0.15, 0.2) is 42.6 Å². The number of piperidine rings is 1. The number of carbonyl (C=O) groups excluding carboxylic acids is 2. The Bertz CT molecular complexity index is 1310. The van der Waals surface area contributed by atoms with Crippen molar-refractivity contribution < 1.29 is 31.9 Å². The highest BCUT2D eigenvalue weighted by atomic mass is 19.4. The van der Waals surface area contributed by atoms with Crippen molar-refractivity contribution in [3.05, 3.63) is 65.1 Å². The molecule has 0 spiro atoms. The van der Waals surface area contributed by atoms with Crippen LogP contribution in [0.5, 0.6) is 0 Å². The first kappa shape index (κ1) is 26.0. The number of aromatic amines is 1. The van der Waals surface area contributed by atoms with E-state index in [4.69, 9.17) is 4.74 Å². The van der Waals surface area contributed by atoms with E-state index in [0.29, 0.717) is 37.8 Å². The molecule has 0 atom stereocenters. The highest BCUT2D eigenvalue weighted by Gasteiger charge is 2.32. The van der Waals surface area contributed by atoms with Gasteiger partial charge in [0.05, 0.1) is 17.3 Å². The predicted molar refractivity (Wildman–Crippen MR) is 130 cm³/mol. The zero-order chi connectivity index (χ0) is 26.9. The molecular formula is C26H27F4N5O3. The van der Waals surface area contributed by atoms with E-state index in [2.05, 4.69) is 15.1 Å². The molecule has 2 aliphatic heterocycles. The average molecular weight is 534 g/mol. The maximum Gasteiger partial charge on any atom is 0.416 e. The van der Waals surface area contributed by atoms with Crippen LogP contribution in [0.25, 0.3) is 10.9 Å². The molecule has 0 radical (unpaired) electrons. The number of amides is 2. The van der Waals surface area contributed by atoms with Crippen LogP contribution in [-0.4, -0.2) is 82.2 Å². The van der Waals surface area contributed by atoms with Crippen LogP contribution in [0, 0.1) is 5.82 Å². The molecule has 0 saturated carbocycles. The third-order valence-corrected chi connectivity index (χ3v) is 7.26. The van der Waals surface area contributed by atoms with Gasteiger partial charge in [0.1, 0.15) is 12.4 Å². The van der Waals surface area contributed by atoms with Crippen LogP contribution in [-0.2, 0) is 17.5 Å². The van der Waals surface area contributed by atoms with Gasteiger partial charge in [0.25, 0.3) is 5.91 Å². The Morgan fingerprint density at radius 3 is 2.39 bits per heavy atom. The summed E-state index contributed by atoms with van der Waals surface area (Å²) in [5.41, 5.74) is 0.315. The largest absolute Gasteiger partial charge is 0.444 e. The number of aromatic nitrogens is 2. The number of likely N-dealkylation sites (tertiary alicyclic amines) is 1. The number of nitrogens with zero attached hydrogens (tertiary/aromatic N) is 4. The van der Waals surface area contributed by atoms with Crippen molar-refractivity contribution in [3.8, 4) is 0 Å². The molecule has 2 fully saturated rings. The number of alkyl halides is 3. The van der Waals surface area contributed by atoms with Gasteiger partial charge in [0, 0.05) is 61.8 Å². The lowest BCUT2D eigenvalue weighted by Gasteiger charge is -2.42. The Hall–Kier alpha value is -3.67. The van der Waals surface area contributed by atoms with Gasteiger partial charge in [0.2, 0.25) is 0 Å². The van der Waals surface area contributed by atoms with Crippen LogP contribution >= 0.6 is 0 Å². The molecule has 8 nitrogen and oxygen atoms in total. The first-order valence-electron chi connectivity index (χ1n) is 12.4. The molecule has 0 aliphatic carbocycles. The van der Waals surface area contributed by atoms with Crippen molar-refractivity contribution in [1.29, 1.82) is 0 Å². The number of hydrogen-bond acceptors (Lipinski definition) is 5. The van der Waals surface area contributed by atoms with E-state index in [-0.39, 0.29) is 17.5 Å². The lowest BCUT2D eigenvalue weighted by Crippen LogP contribution is -2.54. The fourth-order valence-corrected chi connectivity index (χ4v) is 5.03. The minimum Gasteiger partial charge on any atom is -0.444 e. The molecule has 2 aliphatic rings. The smallest absolute Gasteiger partial charge is 0.416 e. The van der Waals surface area contributed by atoms with Crippen LogP contribution in [0.1, 0.15) is 34.3 Å².